The van der Waals surface area contributed by atoms with Crippen LogP contribution >= 0.6 is 23.1 Å². The molecule has 0 saturated heterocycles. The molecule has 30 heavy (non-hydrogen) atoms. The summed E-state index contributed by atoms with van der Waals surface area (Å²) in [7, 11) is 0. The SMILES string of the molecule is C[C@H](NC(=O)CSc1nnc(Cc2cccs2)n1C1CCCCC1)c1ccccc1. The predicted molar refractivity (Wildman–Crippen MR) is 123 cm³/mol. The third-order valence-electron chi connectivity index (χ3n) is 5.60. The highest BCUT2D eigenvalue weighted by Crippen LogP contribution is 2.33. The van der Waals surface area contributed by atoms with Crippen LogP contribution in [0.5, 0.6) is 0 Å². The maximum atomic E-state index is 12.6. The van der Waals surface area contributed by atoms with Gasteiger partial charge < -0.3 is 9.88 Å². The van der Waals surface area contributed by atoms with Gasteiger partial charge in [0.1, 0.15) is 5.82 Å². The minimum Gasteiger partial charge on any atom is -0.349 e. The molecule has 158 valence electrons. The Balaban J connectivity index is 1.43. The molecule has 3 aromatic rings. The van der Waals surface area contributed by atoms with Gasteiger partial charge in [0, 0.05) is 17.3 Å². The fourth-order valence-electron chi connectivity index (χ4n) is 4.04. The van der Waals surface area contributed by atoms with E-state index in [1.807, 2.05) is 37.3 Å². The number of carbonyl (C=O) groups excluding carboxylic acids is 1. The first-order valence-corrected chi connectivity index (χ1v) is 12.5. The Bertz CT molecular complexity index is 934. The number of amides is 1. The Labute approximate surface area is 186 Å². The van der Waals surface area contributed by atoms with Crippen molar-refractivity contribution in [3.8, 4) is 0 Å². The van der Waals surface area contributed by atoms with Crippen LogP contribution < -0.4 is 5.32 Å². The second-order valence-corrected chi connectivity index (χ2v) is 9.78. The van der Waals surface area contributed by atoms with Crippen LogP contribution in [0.3, 0.4) is 0 Å². The molecule has 0 unspecified atom stereocenters. The summed E-state index contributed by atoms with van der Waals surface area (Å²) < 4.78 is 2.32. The first-order chi connectivity index (χ1) is 14.7. The molecule has 1 aromatic carbocycles. The molecule has 1 atom stereocenters. The molecule has 7 heteroatoms. The smallest absolute Gasteiger partial charge is 0.230 e. The lowest BCUT2D eigenvalue weighted by molar-refractivity contribution is -0.119. The van der Waals surface area contributed by atoms with Gasteiger partial charge >= 0.3 is 0 Å². The van der Waals surface area contributed by atoms with Crippen molar-refractivity contribution in [3.05, 3.63) is 64.1 Å². The summed E-state index contributed by atoms with van der Waals surface area (Å²) in [4.78, 5) is 13.9. The summed E-state index contributed by atoms with van der Waals surface area (Å²) in [6.07, 6.45) is 6.95. The molecule has 4 rings (SSSR count). The number of hydrogen-bond donors (Lipinski definition) is 1. The third-order valence-corrected chi connectivity index (χ3v) is 7.42. The van der Waals surface area contributed by atoms with Crippen LogP contribution in [-0.4, -0.2) is 26.4 Å². The first-order valence-electron chi connectivity index (χ1n) is 10.6. The van der Waals surface area contributed by atoms with E-state index in [0.29, 0.717) is 11.8 Å². The summed E-state index contributed by atoms with van der Waals surface area (Å²) in [6, 6.07) is 14.7. The molecule has 1 aliphatic carbocycles. The second kappa shape index (κ2) is 10.3. The number of aromatic nitrogens is 3. The molecule has 5 nitrogen and oxygen atoms in total. The normalized spacial score (nSPS) is 15.8. The molecule has 0 aliphatic heterocycles. The minimum absolute atomic E-state index is 0.00935. The van der Waals surface area contributed by atoms with Gasteiger partial charge in [0.05, 0.1) is 11.8 Å². The van der Waals surface area contributed by atoms with Crippen molar-refractivity contribution in [1.82, 2.24) is 20.1 Å². The molecule has 2 heterocycles. The largest absolute Gasteiger partial charge is 0.349 e. The van der Waals surface area contributed by atoms with Crippen LogP contribution in [0.15, 0.2) is 53.0 Å². The van der Waals surface area contributed by atoms with Crippen molar-refractivity contribution in [3.63, 3.8) is 0 Å². The highest BCUT2D eigenvalue weighted by atomic mass is 32.2. The monoisotopic (exact) mass is 440 g/mol. The van der Waals surface area contributed by atoms with Crippen molar-refractivity contribution >= 4 is 29.0 Å². The first kappa shape index (κ1) is 21.1. The lowest BCUT2D eigenvalue weighted by Gasteiger charge is -2.25. The van der Waals surface area contributed by atoms with Crippen LogP contribution in [0.2, 0.25) is 0 Å². The molecular formula is C23H28N4OS2. The number of nitrogens with one attached hydrogen (secondary N) is 1. The maximum absolute atomic E-state index is 12.6. The molecule has 1 amide bonds. The van der Waals surface area contributed by atoms with E-state index in [-0.39, 0.29) is 11.9 Å². The topological polar surface area (TPSA) is 59.8 Å². The van der Waals surface area contributed by atoms with E-state index in [1.165, 1.54) is 48.7 Å². The van der Waals surface area contributed by atoms with Gasteiger partial charge in [-0.1, -0.05) is 67.4 Å². The van der Waals surface area contributed by atoms with Gasteiger partial charge in [-0.25, -0.2) is 0 Å². The number of thioether (sulfide) groups is 1. The van der Waals surface area contributed by atoms with Gasteiger partial charge in [0.2, 0.25) is 5.91 Å². The highest BCUT2D eigenvalue weighted by molar-refractivity contribution is 7.99. The van der Waals surface area contributed by atoms with Gasteiger partial charge in [0.15, 0.2) is 5.16 Å². The van der Waals surface area contributed by atoms with E-state index in [9.17, 15) is 4.79 Å². The van der Waals surface area contributed by atoms with Crippen molar-refractivity contribution in [1.29, 1.82) is 0 Å². The number of benzene rings is 1. The number of rotatable bonds is 8. The highest BCUT2D eigenvalue weighted by Gasteiger charge is 2.24. The van der Waals surface area contributed by atoms with E-state index >= 15 is 0 Å². The number of thiophene rings is 1. The molecule has 1 fully saturated rings. The van der Waals surface area contributed by atoms with Crippen LogP contribution in [0, 0.1) is 0 Å². The molecule has 1 N–H and O–H groups in total. The van der Waals surface area contributed by atoms with E-state index in [1.54, 1.807) is 11.3 Å². The average Bonchev–Trinajstić information content (AvgIpc) is 3.44. The molecule has 1 aliphatic rings. The van der Waals surface area contributed by atoms with Gasteiger partial charge in [0.25, 0.3) is 0 Å². The molecule has 0 spiro atoms. The van der Waals surface area contributed by atoms with Crippen molar-refractivity contribution < 1.29 is 4.79 Å². The predicted octanol–water partition coefficient (Wildman–Crippen LogP) is 5.41. The standard InChI is InChI=1S/C23H28N4OS2/c1-17(18-9-4-2-5-10-18)24-22(28)16-30-23-26-25-21(15-20-13-8-14-29-20)27(23)19-11-6-3-7-12-19/h2,4-5,8-10,13-14,17,19H,3,6-7,11-12,15-16H2,1H3,(H,24,28)/t17-/m0/s1. The van der Waals surface area contributed by atoms with E-state index < -0.39 is 0 Å². The molecule has 1 saturated carbocycles. The fourth-order valence-corrected chi connectivity index (χ4v) is 5.58. The Hall–Kier alpha value is -2.12. The zero-order valence-corrected chi connectivity index (χ0v) is 18.9. The van der Waals surface area contributed by atoms with Gasteiger partial charge in [-0.15, -0.1) is 21.5 Å². The number of nitrogens with zero attached hydrogens (tertiary/aromatic N) is 3. The summed E-state index contributed by atoms with van der Waals surface area (Å²) in [5.41, 5.74) is 1.11. The summed E-state index contributed by atoms with van der Waals surface area (Å²) in [6.45, 7) is 2.02. The van der Waals surface area contributed by atoms with Crippen LogP contribution in [0.1, 0.15) is 67.4 Å². The Morgan fingerprint density at radius 2 is 1.97 bits per heavy atom. The molecular weight excluding hydrogens is 412 g/mol. The van der Waals surface area contributed by atoms with E-state index in [4.69, 9.17) is 0 Å². The van der Waals surface area contributed by atoms with Gasteiger partial charge in [-0.05, 0) is 36.8 Å². The Kier molecular flexibility index (Phi) is 7.23. The molecule has 0 bridgehead atoms. The summed E-state index contributed by atoms with van der Waals surface area (Å²) in [5.74, 6) is 1.39. The lowest BCUT2D eigenvalue weighted by atomic mass is 9.95. The summed E-state index contributed by atoms with van der Waals surface area (Å²) in [5, 5.41) is 15.1. The van der Waals surface area contributed by atoms with Gasteiger partial charge in [-0.2, -0.15) is 0 Å². The van der Waals surface area contributed by atoms with Crippen molar-refractivity contribution in [2.75, 3.05) is 5.75 Å². The lowest BCUT2D eigenvalue weighted by Crippen LogP contribution is -2.28. The van der Waals surface area contributed by atoms with Crippen LogP contribution in [0.4, 0.5) is 0 Å². The van der Waals surface area contributed by atoms with Crippen molar-refractivity contribution in [2.24, 2.45) is 0 Å². The zero-order chi connectivity index (χ0) is 20.8. The molecule has 0 radical (unpaired) electrons. The van der Waals surface area contributed by atoms with Gasteiger partial charge in [-0.3, -0.25) is 4.79 Å². The van der Waals surface area contributed by atoms with Crippen LogP contribution in [0.25, 0.3) is 0 Å². The minimum atomic E-state index is -0.00935. The Morgan fingerprint density at radius 3 is 2.70 bits per heavy atom. The third kappa shape index (κ3) is 5.32. The second-order valence-electron chi connectivity index (χ2n) is 7.81. The molecule has 2 aromatic heterocycles. The summed E-state index contributed by atoms with van der Waals surface area (Å²) >= 11 is 3.25. The fraction of sp³-hybridized carbons (Fsp3) is 0.435. The quantitative estimate of drug-likeness (QED) is 0.476. The number of carbonyl (C=O) groups is 1. The Morgan fingerprint density at radius 1 is 1.17 bits per heavy atom. The maximum Gasteiger partial charge on any atom is 0.230 e. The average molecular weight is 441 g/mol. The zero-order valence-electron chi connectivity index (χ0n) is 17.3. The van der Waals surface area contributed by atoms with Crippen LogP contribution in [-0.2, 0) is 11.2 Å². The van der Waals surface area contributed by atoms with E-state index in [0.717, 1.165) is 23.0 Å². The van der Waals surface area contributed by atoms with Crippen molar-refractivity contribution in [2.45, 2.75) is 62.7 Å². The van der Waals surface area contributed by atoms with E-state index in [2.05, 4.69) is 37.6 Å². The number of hydrogen-bond acceptors (Lipinski definition) is 5.